The van der Waals surface area contributed by atoms with Gasteiger partial charge in [-0.1, -0.05) is 99.1 Å². The second kappa shape index (κ2) is 9.23. The predicted molar refractivity (Wildman–Crippen MR) is 136 cm³/mol. The number of carboxylic acid groups (broad SMARTS) is 1. The lowest BCUT2D eigenvalue weighted by Crippen LogP contribution is -2.38. The molecular formula is C29H32ClNO2. The smallest absolute Gasteiger partial charge is 0.307 e. The first kappa shape index (κ1) is 23.4. The zero-order valence-corrected chi connectivity index (χ0v) is 20.3. The van der Waals surface area contributed by atoms with Crippen LogP contribution in [0.2, 0.25) is 5.02 Å². The number of carbonyl (C=O) groups is 1. The van der Waals surface area contributed by atoms with Gasteiger partial charge in [0.05, 0.1) is 16.6 Å². The van der Waals surface area contributed by atoms with Crippen molar-refractivity contribution in [2.45, 2.75) is 52.1 Å². The summed E-state index contributed by atoms with van der Waals surface area (Å²) in [4.78, 5) is 14.6. The third kappa shape index (κ3) is 5.09. The lowest BCUT2D eigenvalue weighted by atomic mass is 9.68. The molecule has 0 amide bonds. The quantitative estimate of drug-likeness (QED) is 0.382. The maximum atomic E-state index is 12.3. The van der Waals surface area contributed by atoms with Crippen LogP contribution in [0, 0.1) is 11.3 Å². The Hall–Kier alpha value is -2.78. The van der Waals surface area contributed by atoms with Gasteiger partial charge < -0.3 is 10.0 Å². The molecule has 1 unspecified atom stereocenters. The van der Waals surface area contributed by atoms with E-state index in [0.29, 0.717) is 18.1 Å². The summed E-state index contributed by atoms with van der Waals surface area (Å²) in [5.41, 5.74) is 3.76. The molecule has 0 aromatic heterocycles. The lowest BCUT2D eigenvalue weighted by Gasteiger charge is -2.35. The number of halogens is 1. The molecular weight excluding hydrogens is 430 g/mol. The highest BCUT2D eigenvalue weighted by atomic mass is 35.5. The van der Waals surface area contributed by atoms with Gasteiger partial charge in [0.2, 0.25) is 0 Å². The predicted octanol–water partition coefficient (Wildman–Crippen LogP) is 7.33. The van der Waals surface area contributed by atoms with Crippen LogP contribution in [0.5, 0.6) is 0 Å². The monoisotopic (exact) mass is 461 g/mol. The molecule has 172 valence electrons. The molecule has 1 atom stereocenters. The minimum Gasteiger partial charge on any atom is -0.481 e. The molecule has 3 aromatic rings. The molecule has 1 saturated carbocycles. The molecule has 0 aliphatic heterocycles. The third-order valence-corrected chi connectivity index (χ3v) is 7.07. The Morgan fingerprint density at radius 3 is 1.88 bits per heavy atom. The van der Waals surface area contributed by atoms with E-state index in [9.17, 15) is 9.90 Å². The van der Waals surface area contributed by atoms with E-state index in [1.807, 2.05) is 69.3 Å². The summed E-state index contributed by atoms with van der Waals surface area (Å²) in [6.45, 7) is 7.51. The molecule has 0 spiro atoms. The van der Waals surface area contributed by atoms with E-state index >= 15 is 0 Å². The Bertz CT molecular complexity index is 1060. The largest absolute Gasteiger partial charge is 0.481 e. The van der Waals surface area contributed by atoms with Gasteiger partial charge in [-0.15, -0.1) is 0 Å². The molecule has 1 N–H and O–H groups in total. The topological polar surface area (TPSA) is 40.5 Å². The molecule has 4 heteroatoms. The van der Waals surface area contributed by atoms with E-state index < -0.39 is 11.9 Å². The first-order valence-corrected chi connectivity index (χ1v) is 11.9. The molecule has 3 nitrogen and oxygen atoms in total. The molecule has 0 bridgehead atoms. The van der Waals surface area contributed by atoms with Gasteiger partial charge in [0.25, 0.3) is 0 Å². The maximum Gasteiger partial charge on any atom is 0.307 e. The van der Waals surface area contributed by atoms with Crippen LogP contribution in [0.3, 0.4) is 0 Å². The fourth-order valence-corrected chi connectivity index (χ4v) is 5.45. The van der Waals surface area contributed by atoms with Crippen molar-refractivity contribution in [1.82, 2.24) is 0 Å². The molecule has 1 aliphatic rings. The average Bonchev–Trinajstić information content (AvgIpc) is 3.55. The molecule has 3 aromatic carbocycles. The van der Waals surface area contributed by atoms with Crippen LogP contribution >= 0.6 is 11.6 Å². The van der Waals surface area contributed by atoms with Crippen LogP contribution < -0.4 is 4.90 Å². The summed E-state index contributed by atoms with van der Waals surface area (Å²) in [7, 11) is 0. The summed E-state index contributed by atoms with van der Waals surface area (Å²) < 4.78 is 0. The summed E-state index contributed by atoms with van der Waals surface area (Å²) in [6.07, 6.45) is 1.78. The normalized spacial score (nSPS) is 15.6. The first-order chi connectivity index (χ1) is 15.7. The molecule has 4 rings (SSSR count). The molecule has 0 radical (unpaired) electrons. The van der Waals surface area contributed by atoms with E-state index in [0.717, 1.165) is 24.1 Å². The van der Waals surface area contributed by atoms with Crippen LogP contribution in [-0.4, -0.2) is 11.1 Å². The van der Waals surface area contributed by atoms with E-state index in [2.05, 4.69) is 35.2 Å². The van der Waals surface area contributed by atoms with Crippen molar-refractivity contribution < 1.29 is 9.90 Å². The fraction of sp³-hybridized carbons (Fsp3) is 0.345. The van der Waals surface area contributed by atoms with Crippen LogP contribution in [-0.2, 0) is 23.3 Å². The number of anilines is 1. The fourth-order valence-electron chi connectivity index (χ4n) is 5.21. The number of aliphatic carboxylic acids is 1. The Morgan fingerprint density at radius 1 is 0.939 bits per heavy atom. The number of hydrogen-bond acceptors (Lipinski definition) is 2. The van der Waals surface area contributed by atoms with Gasteiger partial charge in [-0.3, -0.25) is 4.79 Å². The Labute approximate surface area is 202 Å². The Balaban J connectivity index is 1.75. The average molecular weight is 462 g/mol. The highest BCUT2D eigenvalue weighted by molar-refractivity contribution is 6.33. The van der Waals surface area contributed by atoms with Crippen LogP contribution in [0.1, 0.15) is 50.3 Å². The second-order valence-electron chi connectivity index (χ2n) is 10.3. The SMILES string of the molecule is CC(C)(C)C(C(=O)O)C1(c2ccc(Cl)c(N(Cc3ccccc3)Cc3ccccc3)c2)CC1. The minimum absolute atomic E-state index is 0.337. The van der Waals surface area contributed by atoms with Crippen molar-refractivity contribution in [3.05, 3.63) is 101 Å². The number of nitrogens with zero attached hydrogens (tertiary/aromatic N) is 1. The standard InChI is InChI=1S/C29H32ClNO2/c1-28(2,3)26(27(32)33)29(16-17-29)23-14-15-24(30)25(18-23)31(19-21-10-6-4-7-11-21)20-22-12-8-5-9-13-22/h4-15,18,26H,16-17,19-20H2,1-3H3,(H,32,33). The molecule has 1 fully saturated rings. The van der Waals surface area contributed by atoms with Crippen molar-refractivity contribution in [2.24, 2.45) is 11.3 Å². The maximum absolute atomic E-state index is 12.3. The van der Waals surface area contributed by atoms with E-state index in [4.69, 9.17) is 11.6 Å². The molecule has 0 heterocycles. The van der Waals surface area contributed by atoms with E-state index in [1.165, 1.54) is 11.1 Å². The van der Waals surface area contributed by atoms with Gasteiger partial charge in [-0.05, 0) is 47.1 Å². The van der Waals surface area contributed by atoms with Gasteiger partial charge in [-0.25, -0.2) is 0 Å². The van der Waals surface area contributed by atoms with Gasteiger partial charge >= 0.3 is 5.97 Å². The summed E-state index contributed by atoms with van der Waals surface area (Å²) in [6, 6.07) is 26.8. The first-order valence-electron chi connectivity index (χ1n) is 11.6. The van der Waals surface area contributed by atoms with Crippen LogP contribution in [0.4, 0.5) is 5.69 Å². The van der Waals surface area contributed by atoms with Gasteiger partial charge in [-0.2, -0.15) is 0 Å². The van der Waals surface area contributed by atoms with Gasteiger partial charge in [0.15, 0.2) is 0 Å². The van der Waals surface area contributed by atoms with Gasteiger partial charge in [0, 0.05) is 18.5 Å². The number of hydrogen-bond donors (Lipinski definition) is 1. The van der Waals surface area contributed by atoms with Gasteiger partial charge in [0.1, 0.15) is 0 Å². The zero-order chi connectivity index (χ0) is 23.6. The third-order valence-electron chi connectivity index (χ3n) is 6.75. The molecule has 33 heavy (non-hydrogen) atoms. The molecule has 0 saturated heterocycles. The number of rotatable bonds is 8. The van der Waals surface area contributed by atoms with Crippen molar-refractivity contribution >= 4 is 23.3 Å². The second-order valence-corrected chi connectivity index (χ2v) is 10.7. The zero-order valence-electron chi connectivity index (χ0n) is 19.6. The van der Waals surface area contributed by atoms with Crippen molar-refractivity contribution in [3.63, 3.8) is 0 Å². The van der Waals surface area contributed by atoms with Crippen molar-refractivity contribution in [2.75, 3.05) is 4.90 Å². The Kier molecular flexibility index (Phi) is 6.54. The summed E-state index contributed by atoms with van der Waals surface area (Å²) >= 11 is 6.77. The van der Waals surface area contributed by atoms with Crippen molar-refractivity contribution in [1.29, 1.82) is 0 Å². The highest BCUT2D eigenvalue weighted by Crippen LogP contribution is 2.59. The number of carboxylic acids is 1. The minimum atomic E-state index is -0.720. The van der Waals surface area contributed by atoms with E-state index in [-0.39, 0.29) is 10.8 Å². The Morgan fingerprint density at radius 2 is 1.45 bits per heavy atom. The summed E-state index contributed by atoms with van der Waals surface area (Å²) in [5, 5.41) is 10.8. The molecule has 1 aliphatic carbocycles. The number of benzene rings is 3. The van der Waals surface area contributed by atoms with Crippen LogP contribution in [0.15, 0.2) is 78.9 Å². The highest BCUT2D eigenvalue weighted by Gasteiger charge is 2.57. The van der Waals surface area contributed by atoms with Crippen LogP contribution in [0.25, 0.3) is 0 Å². The summed E-state index contributed by atoms with van der Waals surface area (Å²) in [5.74, 6) is -1.17. The van der Waals surface area contributed by atoms with E-state index in [1.54, 1.807) is 0 Å². The van der Waals surface area contributed by atoms with Crippen molar-refractivity contribution in [3.8, 4) is 0 Å². The lowest BCUT2D eigenvalue weighted by molar-refractivity contribution is -0.147.